The molecule has 0 spiro atoms. The zero-order chi connectivity index (χ0) is 11.5. The largest absolute Gasteiger partial charge is 0.385 e. The zero-order valence-electron chi connectivity index (χ0n) is 8.97. The van der Waals surface area contributed by atoms with Crippen LogP contribution in [0.4, 0.5) is 0 Å². The smallest absolute Gasteiger partial charge is 0.137 e. The van der Waals surface area contributed by atoms with Crippen LogP contribution in [0.2, 0.25) is 0 Å². The first kappa shape index (κ1) is 11.6. The minimum atomic E-state index is -0.529. The standard InChI is InChI=1S/C12H13IN2O/c1-9(16)12-14-6-7-15(12)8-10-2-4-11(13)5-3-10/h2-7,9,16H,8H2,1H3. The summed E-state index contributed by atoms with van der Waals surface area (Å²) in [5.74, 6) is 0.707. The third kappa shape index (κ3) is 2.62. The van der Waals surface area contributed by atoms with Gasteiger partial charge in [-0.05, 0) is 47.2 Å². The first-order chi connectivity index (χ1) is 7.66. The average Bonchev–Trinajstić information content (AvgIpc) is 2.69. The lowest BCUT2D eigenvalue weighted by molar-refractivity contribution is 0.184. The highest BCUT2D eigenvalue weighted by molar-refractivity contribution is 14.1. The Morgan fingerprint density at radius 3 is 2.69 bits per heavy atom. The van der Waals surface area contributed by atoms with Crippen molar-refractivity contribution in [3.8, 4) is 0 Å². The van der Waals surface area contributed by atoms with Crippen LogP contribution >= 0.6 is 22.6 Å². The van der Waals surface area contributed by atoms with Crippen LogP contribution in [0, 0.1) is 3.57 Å². The van der Waals surface area contributed by atoms with E-state index in [1.807, 2.05) is 10.8 Å². The summed E-state index contributed by atoms with van der Waals surface area (Å²) in [6.45, 7) is 2.48. The molecule has 1 aromatic heterocycles. The van der Waals surface area contributed by atoms with E-state index in [0.29, 0.717) is 5.82 Å². The fourth-order valence-corrected chi connectivity index (χ4v) is 1.97. The molecule has 84 valence electrons. The van der Waals surface area contributed by atoms with Crippen molar-refractivity contribution < 1.29 is 5.11 Å². The van der Waals surface area contributed by atoms with Gasteiger partial charge in [0, 0.05) is 22.5 Å². The van der Waals surface area contributed by atoms with E-state index in [9.17, 15) is 5.11 Å². The second kappa shape index (κ2) is 4.97. The summed E-state index contributed by atoms with van der Waals surface area (Å²) in [6, 6.07) is 8.34. The van der Waals surface area contributed by atoms with Crippen molar-refractivity contribution in [2.24, 2.45) is 0 Å². The van der Waals surface area contributed by atoms with Crippen LogP contribution in [0.1, 0.15) is 24.4 Å². The molecule has 2 aromatic rings. The topological polar surface area (TPSA) is 38.1 Å². The SMILES string of the molecule is CC(O)c1nccn1Cc1ccc(I)cc1. The molecule has 1 N–H and O–H groups in total. The van der Waals surface area contributed by atoms with Crippen molar-refractivity contribution in [1.29, 1.82) is 0 Å². The van der Waals surface area contributed by atoms with Crippen LogP contribution in [0.5, 0.6) is 0 Å². The van der Waals surface area contributed by atoms with Crippen molar-refractivity contribution in [3.05, 3.63) is 51.6 Å². The molecule has 0 saturated carbocycles. The van der Waals surface area contributed by atoms with E-state index < -0.39 is 6.10 Å². The van der Waals surface area contributed by atoms with Crippen LogP contribution in [-0.2, 0) is 6.54 Å². The highest BCUT2D eigenvalue weighted by Crippen LogP contribution is 2.13. The summed E-state index contributed by atoms with van der Waals surface area (Å²) in [5, 5.41) is 9.53. The fraction of sp³-hybridized carbons (Fsp3) is 0.250. The van der Waals surface area contributed by atoms with Crippen LogP contribution in [0.3, 0.4) is 0 Å². The zero-order valence-corrected chi connectivity index (χ0v) is 11.1. The number of aliphatic hydroxyl groups is 1. The lowest BCUT2D eigenvalue weighted by Crippen LogP contribution is -2.07. The van der Waals surface area contributed by atoms with Gasteiger partial charge in [0.15, 0.2) is 0 Å². The molecule has 0 amide bonds. The average molecular weight is 328 g/mol. The number of aliphatic hydroxyl groups excluding tert-OH is 1. The van der Waals surface area contributed by atoms with E-state index in [0.717, 1.165) is 6.54 Å². The predicted molar refractivity (Wildman–Crippen MR) is 71.1 cm³/mol. The lowest BCUT2D eigenvalue weighted by Gasteiger charge is -2.09. The number of hydrogen-bond acceptors (Lipinski definition) is 2. The maximum atomic E-state index is 9.53. The van der Waals surface area contributed by atoms with Gasteiger partial charge in [-0.2, -0.15) is 0 Å². The van der Waals surface area contributed by atoms with Gasteiger partial charge in [0.05, 0.1) is 0 Å². The molecule has 4 heteroatoms. The molecule has 3 nitrogen and oxygen atoms in total. The van der Waals surface area contributed by atoms with Gasteiger partial charge in [0.1, 0.15) is 11.9 Å². The van der Waals surface area contributed by atoms with Crippen molar-refractivity contribution in [2.75, 3.05) is 0 Å². The van der Waals surface area contributed by atoms with Crippen LogP contribution in [0.25, 0.3) is 0 Å². The molecule has 0 fully saturated rings. The molecule has 0 aliphatic rings. The highest BCUT2D eigenvalue weighted by atomic mass is 127. The Bertz CT molecular complexity index is 462. The van der Waals surface area contributed by atoms with Crippen molar-refractivity contribution >= 4 is 22.6 Å². The molecule has 1 heterocycles. The molecule has 1 atom stereocenters. The quantitative estimate of drug-likeness (QED) is 0.880. The van der Waals surface area contributed by atoms with E-state index in [1.165, 1.54) is 9.13 Å². The Kier molecular flexibility index (Phi) is 3.60. The molecule has 2 rings (SSSR count). The second-order valence-corrected chi connectivity index (χ2v) is 4.96. The van der Waals surface area contributed by atoms with Crippen molar-refractivity contribution in [3.63, 3.8) is 0 Å². The van der Waals surface area contributed by atoms with E-state index in [4.69, 9.17) is 0 Å². The van der Waals surface area contributed by atoms with Crippen LogP contribution < -0.4 is 0 Å². The fourth-order valence-electron chi connectivity index (χ4n) is 1.61. The molecule has 0 radical (unpaired) electrons. The highest BCUT2D eigenvalue weighted by Gasteiger charge is 2.08. The molecular weight excluding hydrogens is 315 g/mol. The number of imidazole rings is 1. The Balaban J connectivity index is 2.20. The molecule has 1 unspecified atom stereocenters. The third-order valence-electron chi connectivity index (χ3n) is 2.39. The maximum Gasteiger partial charge on any atom is 0.137 e. The Morgan fingerprint density at radius 2 is 2.06 bits per heavy atom. The van der Waals surface area contributed by atoms with E-state index in [-0.39, 0.29) is 0 Å². The first-order valence-corrected chi connectivity index (χ1v) is 6.18. The molecular formula is C12H13IN2O. The van der Waals surface area contributed by atoms with E-state index >= 15 is 0 Å². The van der Waals surface area contributed by atoms with Gasteiger partial charge < -0.3 is 9.67 Å². The Morgan fingerprint density at radius 1 is 1.38 bits per heavy atom. The van der Waals surface area contributed by atoms with Crippen molar-refractivity contribution in [1.82, 2.24) is 9.55 Å². The number of hydrogen-bond donors (Lipinski definition) is 1. The van der Waals surface area contributed by atoms with Gasteiger partial charge >= 0.3 is 0 Å². The maximum absolute atomic E-state index is 9.53. The molecule has 0 bridgehead atoms. The normalized spacial score (nSPS) is 12.7. The number of nitrogens with zero attached hydrogens (tertiary/aromatic N) is 2. The number of benzene rings is 1. The van der Waals surface area contributed by atoms with E-state index in [1.54, 1.807) is 13.1 Å². The van der Waals surface area contributed by atoms with Crippen LogP contribution in [-0.4, -0.2) is 14.7 Å². The van der Waals surface area contributed by atoms with Gasteiger partial charge in [-0.1, -0.05) is 12.1 Å². The lowest BCUT2D eigenvalue weighted by atomic mass is 10.2. The molecule has 16 heavy (non-hydrogen) atoms. The van der Waals surface area contributed by atoms with Gasteiger partial charge in [-0.15, -0.1) is 0 Å². The molecule has 0 saturated heterocycles. The molecule has 0 aliphatic heterocycles. The molecule has 0 aliphatic carbocycles. The summed E-state index contributed by atoms with van der Waals surface area (Å²) in [5.41, 5.74) is 1.21. The first-order valence-electron chi connectivity index (χ1n) is 5.10. The minimum Gasteiger partial charge on any atom is -0.385 e. The number of aromatic nitrogens is 2. The van der Waals surface area contributed by atoms with Gasteiger partial charge in [-0.25, -0.2) is 4.98 Å². The minimum absolute atomic E-state index is 0.529. The summed E-state index contributed by atoms with van der Waals surface area (Å²) in [7, 11) is 0. The van der Waals surface area contributed by atoms with Gasteiger partial charge in [-0.3, -0.25) is 0 Å². The Hall–Kier alpha value is -0.880. The van der Waals surface area contributed by atoms with Crippen molar-refractivity contribution in [2.45, 2.75) is 19.6 Å². The van der Waals surface area contributed by atoms with E-state index in [2.05, 4.69) is 51.8 Å². The summed E-state index contributed by atoms with van der Waals surface area (Å²) < 4.78 is 3.19. The Labute approximate surface area is 108 Å². The predicted octanol–water partition coefficient (Wildman–Crippen LogP) is 2.59. The van der Waals surface area contributed by atoms with Gasteiger partial charge in [0.2, 0.25) is 0 Å². The summed E-state index contributed by atoms with van der Waals surface area (Å²) in [6.07, 6.45) is 3.08. The number of halogens is 1. The summed E-state index contributed by atoms with van der Waals surface area (Å²) in [4.78, 5) is 4.14. The monoisotopic (exact) mass is 328 g/mol. The van der Waals surface area contributed by atoms with Gasteiger partial charge in [0.25, 0.3) is 0 Å². The third-order valence-corrected chi connectivity index (χ3v) is 3.11. The molecule has 1 aromatic carbocycles. The number of rotatable bonds is 3. The summed E-state index contributed by atoms with van der Waals surface area (Å²) >= 11 is 2.28. The van der Waals surface area contributed by atoms with Crippen LogP contribution in [0.15, 0.2) is 36.7 Å². The second-order valence-electron chi connectivity index (χ2n) is 3.72.